The van der Waals surface area contributed by atoms with Gasteiger partial charge >= 0.3 is 0 Å². The molecule has 16 heavy (non-hydrogen) atoms. The first kappa shape index (κ1) is 11.9. The van der Waals surface area contributed by atoms with Crippen molar-refractivity contribution in [2.75, 3.05) is 13.1 Å². The predicted octanol–water partition coefficient (Wildman–Crippen LogP) is 2.54. The SMILES string of the molecule is Br.Oc1ccc2c(c1)C1(CCC2)CCNC1. The van der Waals surface area contributed by atoms with Crippen LogP contribution in [0.4, 0.5) is 0 Å². The molecule has 0 radical (unpaired) electrons. The van der Waals surface area contributed by atoms with Crippen LogP contribution >= 0.6 is 17.0 Å². The molecular weight excluding hydrogens is 266 g/mol. The molecule has 2 nitrogen and oxygen atoms in total. The van der Waals surface area contributed by atoms with Crippen molar-refractivity contribution in [3.63, 3.8) is 0 Å². The van der Waals surface area contributed by atoms with Gasteiger partial charge in [-0.3, -0.25) is 0 Å². The second-order valence-electron chi connectivity index (χ2n) is 4.90. The van der Waals surface area contributed by atoms with Crippen LogP contribution in [0.15, 0.2) is 18.2 Å². The van der Waals surface area contributed by atoms with Crippen LogP contribution in [0.1, 0.15) is 30.4 Å². The first-order valence-corrected chi connectivity index (χ1v) is 5.83. The molecule has 1 aromatic rings. The molecule has 88 valence electrons. The van der Waals surface area contributed by atoms with Gasteiger partial charge in [-0.1, -0.05) is 6.07 Å². The fourth-order valence-corrected chi connectivity index (χ4v) is 3.22. The number of halogens is 1. The Kier molecular flexibility index (Phi) is 3.27. The van der Waals surface area contributed by atoms with Crippen LogP contribution in [-0.4, -0.2) is 18.2 Å². The van der Waals surface area contributed by atoms with E-state index in [1.807, 2.05) is 12.1 Å². The van der Waals surface area contributed by atoms with Gasteiger partial charge in [0.15, 0.2) is 0 Å². The van der Waals surface area contributed by atoms with E-state index in [4.69, 9.17) is 0 Å². The molecule has 3 rings (SSSR count). The van der Waals surface area contributed by atoms with Gasteiger partial charge < -0.3 is 10.4 Å². The van der Waals surface area contributed by atoms with Crippen molar-refractivity contribution >= 4 is 17.0 Å². The Morgan fingerprint density at radius 2 is 2.12 bits per heavy atom. The number of fused-ring (bicyclic) bond motifs is 2. The monoisotopic (exact) mass is 283 g/mol. The molecule has 1 atom stereocenters. The number of hydrogen-bond acceptors (Lipinski definition) is 2. The van der Waals surface area contributed by atoms with Gasteiger partial charge in [-0.2, -0.15) is 0 Å². The van der Waals surface area contributed by atoms with Crippen molar-refractivity contribution in [1.82, 2.24) is 5.32 Å². The minimum atomic E-state index is 0. The molecule has 0 saturated carbocycles. The number of hydrogen-bond donors (Lipinski definition) is 2. The van der Waals surface area contributed by atoms with Gasteiger partial charge in [-0.05, 0) is 55.5 Å². The number of phenolic OH excluding ortho intramolecular Hbond substituents is 1. The average Bonchev–Trinajstić information content (AvgIpc) is 2.69. The number of aromatic hydroxyl groups is 1. The highest BCUT2D eigenvalue weighted by Gasteiger charge is 2.38. The summed E-state index contributed by atoms with van der Waals surface area (Å²) >= 11 is 0. The highest BCUT2D eigenvalue weighted by Crippen LogP contribution is 2.42. The minimum absolute atomic E-state index is 0. The summed E-state index contributed by atoms with van der Waals surface area (Å²) in [5, 5.41) is 13.1. The zero-order valence-corrected chi connectivity index (χ0v) is 11.0. The Bertz CT molecular complexity index is 386. The van der Waals surface area contributed by atoms with E-state index >= 15 is 0 Å². The van der Waals surface area contributed by atoms with E-state index in [0.29, 0.717) is 11.2 Å². The smallest absolute Gasteiger partial charge is 0.115 e. The molecule has 0 amide bonds. The topological polar surface area (TPSA) is 32.3 Å². The standard InChI is InChI=1S/C13H17NO.BrH/c15-11-4-3-10-2-1-5-13(12(10)8-11)6-7-14-9-13;/h3-4,8,14-15H,1-2,5-7,9H2;1H. The zero-order valence-electron chi connectivity index (χ0n) is 9.33. The van der Waals surface area contributed by atoms with E-state index < -0.39 is 0 Å². The van der Waals surface area contributed by atoms with Crippen molar-refractivity contribution in [3.05, 3.63) is 29.3 Å². The fourth-order valence-electron chi connectivity index (χ4n) is 3.22. The van der Waals surface area contributed by atoms with E-state index in [2.05, 4.69) is 11.4 Å². The van der Waals surface area contributed by atoms with Gasteiger partial charge in [0.2, 0.25) is 0 Å². The zero-order chi connectivity index (χ0) is 10.3. The van der Waals surface area contributed by atoms with E-state index in [1.165, 1.54) is 36.8 Å². The lowest BCUT2D eigenvalue weighted by molar-refractivity contribution is 0.388. The second-order valence-corrected chi connectivity index (χ2v) is 4.90. The molecule has 1 aliphatic carbocycles. The van der Waals surface area contributed by atoms with Gasteiger partial charge in [-0.15, -0.1) is 17.0 Å². The van der Waals surface area contributed by atoms with Crippen LogP contribution in [0.2, 0.25) is 0 Å². The number of rotatable bonds is 0. The molecule has 1 aliphatic heterocycles. The molecule has 0 bridgehead atoms. The first-order chi connectivity index (χ1) is 7.30. The van der Waals surface area contributed by atoms with Crippen molar-refractivity contribution in [2.45, 2.75) is 31.1 Å². The highest BCUT2D eigenvalue weighted by atomic mass is 79.9. The lowest BCUT2D eigenvalue weighted by atomic mass is 9.69. The van der Waals surface area contributed by atoms with E-state index in [9.17, 15) is 5.11 Å². The van der Waals surface area contributed by atoms with Gasteiger partial charge in [-0.25, -0.2) is 0 Å². The summed E-state index contributed by atoms with van der Waals surface area (Å²) in [7, 11) is 0. The van der Waals surface area contributed by atoms with Crippen LogP contribution in [0.3, 0.4) is 0 Å². The summed E-state index contributed by atoms with van der Waals surface area (Å²) in [4.78, 5) is 0. The van der Waals surface area contributed by atoms with Crippen molar-refractivity contribution < 1.29 is 5.11 Å². The summed E-state index contributed by atoms with van der Waals surface area (Å²) in [5.41, 5.74) is 3.17. The predicted molar refractivity (Wildman–Crippen MR) is 70.5 cm³/mol. The Morgan fingerprint density at radius 3 is 2.88 bits per heavy atom. The van der Waals surface area contributed by atoms with E-state index in [-0.39, 0.29) is 17.0 Å². The molecule has 1 heterocycles. The number of benzene rings is 1. The number of nitrogens with one attached hydrogen (secondary N) is 1. The fraction of sp³-hybridized carbons (Fsp3) is 0.538. The van der Waals surface area contributed by atoms with Crippen molar-refractivity contribution in [1.29, 1.82) is 0 Å². The summed E-state index contributed by atoms with van der Waals surface area (Å²) in [5.74, 6) is 0.418. The normalized spacial score (nSPS) is 27.5. The Hall–Kier alpha value is -0.540. The van der Waals surface area contributed by atoms with Gasteiger partial charge in [0.1, 0.15) is 5.75 Å². The summed E-state index contributed by atoms with van der Waals surface area (Å²) < 4.78 is 0. The van der Waals surface area contributed by atoms with Crippen LogP contribution in [0.5, 0.6) is 5.75 Å². The maximum atomic E-state index is 9.61. The molecular formula is C13H18BrNO. The third kappa shape index (κ3) is 1.76. The van der Waals surface area contributed by atoms with Crippen molar-refractivity contribution in [2.24, 2.45) is 0 Å². The van der Waals surface area contributed by atoms with Gasteiger partial charge in [0.05, 0.1) is 0 Å². The molecule has 1 fully saturated rings. The molecule has 1 aromatic carbocycles. The third-order valence-corrected chi connectivity index (χ3v) is 4.01. The Morgan fingerprint density at radius 1 is 1.25 bits per heavy atom. The first-order valence-electron chi connectivity index (χ1n) is 5.83. The molecule has 0 aromatic heterocycles. The average molecular weight is 284 g/mol. The summed E-state index contributed by atoms with van der Waals surface area (Å²) in [6, 6.07) is 5.91. The third-order valence-electron chi connectivity index (χ3n) is 4.01. The maximum absolute atomic E-state index is 9.61. The lowest BCUT2D eigenvalue weighted by Crippen LogP contribution is -2.33. The lowest BCUT2D eigenvalue weighted by Gasteiger charge is -2.35. The second kappa shape index (κ2) is 4.38. The van der Waals surface area contributed by atoms with Gasteiger partial charge in [0, 0.05) is 12.0 Å². The maximum Gasteiger partial charge on any atom is 0.115 e. The van der Waals surface area contributed by atoms with Crippen LogP contribution < -0.4 is 5.32 Å². The Labute approximate surface area is 107 Å². The van der Waals surface area contributed by atoms with Gasteiger partial charge in [0.25, 0.3) is 0 Å². The van der Waals surface area contributed by atoms with Crippen LogP contribution in [0.25, 0.3) is 0 Å². The molecule has 1 spiro atoms. The van der Waals surface area contributed by atoms with Crippen molar-refractivity contribution in [3.8, 4) is 5.75 Å². The molecule has 3 heteroatoms. The summed E-state index contributed by atoms with van der Waals surface area (Å²) in [6.07, 6.45) is 4.97. The number of aryl methyl sites for hydroxylation is 1. The quantitative estimate of drug-likeness (QED) is 0.767. The molecule has 2 N–H and O–H groups in total. The molecule has 2 aliphatic rings. The van der Waals surface area contributed by atoms with Crippen LogP contribution in [-0.2, 0) is 11.8 Å². The van der Waals surface area contributed by atoms with E-state index in [1.54, 1.807) is 0 Å². The highest BCUT2D eigenvalue weighted by molar-refractivity contribution is 8.93. The minimum Gasteiger partial charge on any atom is -0.508 e. The summed E-state index contributed by atoms with van der Waals surface area (Å²) in [6.45, 7) is 2.21. The Balaban J connectivity index is 0.000000963. The molecule has 1 saturated heterocycles. The largest absolute Gasteiger partial charge is 0.508 e. The molecule has 1 unspecified atom stereocenters. The van der Waals surface area contributed by atoms with Crippen LogP contribution in [0, 0.1) is 0 Å². The van der Waals surface area contributed by atoms with E-state index in [0.717, 1.165) is 13.1 Å². The number of phenols is 1.